The van der Waals surface area contributed by atoms with Crippen LogP contribution in [0.2, 0.25) is 0 Å². The van der Waals surface area contributed by atoms with Crippen LogP contribution in [0.1, 0.15) is 49.3 Å². The van der Waals surface area contributed by atoms with Gasteiger partial charge in [0, 0.05) is 26.1 Å². The Morgan fingerprint density at radius 2 is 2.40 bits per heavy atom. The van der Waals surface area contributed by atoms with Gasteiger partial charge in [0.1, 0.15) is 11.3 Å². The number of carbonyl (C=O) groups is 1. The molecule has 0 saturated carbocycles. The number of carbonyl (C=O) groups excluding carboxylic acids is 1. The van der Waals surface area contributed by atoms with Crippen molar-refractivity contribution in [1.29, 1.82) is 0 Å². The fourth-order valence-electron chi connectivity index (χ4n) is 2.21. The third-order valence-electron chi connectivity index (χ3n) is 3.58. The number of aryl methyl sites for hydroxylation is 1. The van der Waals surface area contributed by atoms with Crippen LogP contribution in [0.15, 0.2) is 6.07 Å². The fraction of sp³-hybridized carbons (Fsp3) is 0.714. The predicted molar refractivity (Wildman–Crippen MR) is 74.7 cm³/mol. The second kappa shape index (κ2) is 5.93. The first-order valence-electron chi connectivity index (χ1n) is 7.11. The molecule has 2 N–H and O–H groups in total. The van der Waals surface area contributed by atoms with Crippen molar-refractivity contribution in [3.05, 3.63) is 17.5 Å². The van der Waals surface area contributed by atoms with Gasteiger partial charge in [0.15, 0.2) is 0 Å². The zero-order chi connectivity index (χ0) is 14.8. The van der Waals surface area contributed by atoms with Gasteiger partial charge >= 0.3 is 0 Å². The number of aromatic nitrogens is 2. The number of rotatable bonds is 5. The summed E-state index contributed by atoms with van der Waals surface area (Å²) in [6.45, 7) is 7.70. The van der Waals surface area contributed by atoms with E-state index in [0.29, 0.717) is 25.3 Å². The van der Waals surface area contributed by atoms with E-state index in [0.717, 1.165) is 5.69 Å². The summed E-state index contributed by atoms with van der Waals surface area (Å²) in [7, 11) is 0. The minimum absolute atomic E-state index is 0.202. The molecule has 1 aromatic rings. The molecule has 20 heavy (non-hydrogen) atoms. The second-order valence-corrected chi connectivity index (χ2v) is 5.63. The van der Waals surface area contributed by atoms with Crippen molar-refractivity contribution in [2.24, 2.45) is 0 Å². The summed E-state index contributed by atoms with van der Waals surface area (Å²) < 4.78 is 6.85. The molecule has 1 aliphatic rings. The Labute approximate surface area is 119 Å². The van der Waals surface area contributed by atoms with Crippen LogP contribution >= 0.6 is 0 Å². The molecule has 1 atom stereocenters. The highest BCUT2D eigenvalue weighted by Gasteiger charge is 2.33. The Bertz CT molecular complexity index is 476. The molecule has 0 bridgehead atoms. The van der Waals surface area contributed by atoms with Gasteiger partial charge in [-0.25, -0.2) is 0 Å². The summed E-state index contributed by atoms with van der Waals surface area (Å²) >= 11 is 0. The Balaban J connectivity index is 2.04. The van der Waals surface area contributed by atoms with Gasteiger partial charge in [-0.15, -0.1) is 0 Å². The van der Waals surface area contributed by atoms with E-state index in [1.54, 1.807) is 4.68 Å². The molecule has 6 heteroatoms. The van der Waals surface area contributed by atoms with E-state index in [1.165, 1.54) is 0 Å². The van der Waals surface area contributed by atoms with E-state index in [1.807, 2.05) is 26.8 Å². The number of aliphatic hydroxyl groups is 1. The van der Waals surface area contributed by atoms with Crippen molar-refractivity contribution in [1.82, 2.24) is 15.1 Å². The molecule has 1 fully saturated rings. The second-order valence-electron chi connectivity index (χ2n) is 5.63. The van der Waals surface area contributed by atoms with E-state index in [-0.39, 0.29) is 25.0 Å². The van der Waals surface area contributed by atoms with Gasteiger partial charge in [-0.2, -0.15) is 5.10 Å². The summed E-state index contributed by atoms with van der Waals surface area (Å²) in [5.74, 6) is 0.0772. The molecule has 1 saturated heterocycles. The molecule has 2 heterocycles. The molecule has 1 unspecified atom stereocenters. The molecule has 1 amide bonds. The van der Waals surface area contributed by atoms with Crippen molar-refractivity contribution in [2.75, 3.05) is 19.8 Å². The van der Waals surface area contributed by atoms with E-state index in [9.17, 15) is 9.90 Å². The summed E-state index contributed by atoms with van der Waals surface area (Å²) in [5, 5.41) is 17.3. The molecule has 1 aromatic heterocycles. The van der Waals surface area contributed by atoms with Crippen molar-refractivity contribution in [2.45, 2.75) is 45.3 Å². The van der Waals surface area contributed by atoms with Gasteiger partial charge in [0.05, 0.1) is 12.3 Å². The minimum Gasteiger partial charge on any atom is -0.386 e. The zero-order valence-electron chi connectivity index (χ0n) is 12.3. The highest BCUT2D eigenvalue weighted by molar-refractivity contribution is 5.92. The monoisotopic (exact) mass is 281 g/mol. The molecule has 0 aliphatic carbocycles. The van der Waals surface area contributed by atoms with Crippen LogP contribution in [0.5, 0.6) is 0 Å². The van der Waals surface area contributed by atoms with Crippen LogP contribution in [-0.2, 0) is 11.3 Å². The third-order valence-corrected chi connectivity index (χ3v) is 3.58. The Morgan fingerprint density at radius 3 is 2.95 bits per heavy atom. The minimum atomic E-state index is -0.937. The zero-order valence-corrected chi connectivity index (χ0v) is 12.3. The lowest BCUT2D eigenvalue weighted by molar-refractivity contribution is 0.0263. The van der Waals surface area contributed by atoms with Gasteiger partial charge in [-0.1, -0.05) is 13.8 Å². The molecule has 112 valence electrons. The number of amides is 1. The lowest BCUT2D eigenvalue weighted by Crippen LogP contribution is -2.43. The lowest BCUT2D eigenvalue weighted by Gasteiger charge is -2.20. The normalized spacial score (nSPS) is 22.4. The average Bonchev–Trinajstić information content (AvgIpc) is 3.02. The van der Waals surface area contributed by atoms with Crippen molar-refractivity contribution >= 4 is 5.91 Å². The van der Waals surface area contributed by atoms with E-state index >= 15 is 0 Å². The maximum Gasteiger partial charge on any atom is 0.269 e. The van der Waals surface area contributed by atoms with Crippen LogP contribution in [0.3, 0.4) is 0 Å². The maximum atomic E-state index is 12.2. The number of nitrogens with zero attached hydrogens (tertiary/aromatic N) is 2. The smallest absolute Gasteiger partial charge is 0.269 e. The lowest BCUT2D eigenvalue weighted by atomic mass is 10.0. The van der Waals surface area contributed by atoms with Crippen LogP contribution in [0.4, 0.5) is 0 Å². The van der Waals surface area contributed by atoms with Crippen LogP contribution in [0.25, 0.3) is 0 Å². The summed E-state index contributed by atoms with van der Waals surface area (Å²) in [6, 6.07) is 1.82. The van der Waals surface area contributed by atoms with E-state index in [4.69, 9.17) is 4.74 Å². The van der Waals surface area contributed by atoms with E-state index < -0.39 is 5.60 Å². The largest absolute Gasteiger partial charge is 0.386 e. The summed E-state index contributed by atoms with van der Waals surface area (Å²) in [5.41, 5.74) is 0.506. The Morgan fingerprint density at radius 1 is 1.65 bits per heavy atom. The first-order valence-corrected chi connectivity index (χ1v) is 7.11. The van der Waals surface area contributed by atoms with Crippen LogP contribution < -0.4 is 5.32 Å². The van der Waals surface area contributed by atoms with Gasteiger partial charge in [0.25, 0.3) is 5.91 Å². The van der Waals surface area contributed by atoms with E-state index in [2.05, 4.69) is 10.4 Å². The Hall–Kier alpha value is -1.40. The first kappa shape index (κ1) is 15.0. The SMILES string of the molecule is CCn1nc(C(C)C)cc1C(=O)NCC1(O)CCOC1. The Kier molecular flexibility index (Phi) is 4.45. The first-order chi connectivity index (χ1) is 9.45. The summed E-state index contributed by atoms with van der Waals surface area (Å²) in [4.78, 5) is 12.2. The molecule has 0 radical (unpaired) electrons. The number of ether oxygens (including phenoxy) is 1. The molecule has 0 aromatic carbocycles. The number of hydrogen-bond acceptors (Lipinski definition) is 4. The van der Waals surface area contributed by atoms with Crippen LogP contribution in [-0.4, -0.2) is 46.2 Å². The quantitative estimate of drug-likeness (QED) is 0.841. The van der Waals surface area contributed by atoms with Crippen LogP contribution in [0, 0.1) is 0 Å². The number of hydrogen-bond donors (Lipinski definition) is 2. The van der Waals surface area contributed by atoms with Crippen molar-refractivity contribution < 1.29 is 14.6 Å². The molecule has 6 nitrogen and oxygen atoms in total. The van der Waals surface area contributed by atoms with Crippen molar-refractivity contribution in [3.8, 4) is 0 Å². The third kappa shape index (κ3) is 3.19. The van der Waals surface area contributed by atoms with Gasteiger partial charge in [-0.05, 0) is 18.9 Å². The molecule has 0 spiro atoms. The number of nitrogens with one attached hydrogen (secondary N) is 1. The topological polar surface area (TPSA) is 76.4 Å². The molecule has 1 aliphatic heterocycles. The van der Waals surface area contributed by atoms with Crippen molar-refractivity contribution in [3.63, 3.8) is 0 Å². The standard InChI is InChI=1S/C14H23N3O3/c1-4-17-12(7-11(16-17)10(2)3)13(18)15-8-14(19)5-6-20-9-14/h7,10,19H,4-6,8-9H2,1-3H3,(H,15,18). The maximum absolute atomic E-state index is 12.2. The van der Waals surface area contributed by atoms with Gasteiger partial charge in [-0.3, -0.25) is 9.48 Å². The molecular formula is C14H23N3O3. The molecular weight excluding hydrogens is 258 g/mol. The highest BCUT2D eigenvalue weighted by Crippen LogP contribution is 2.18. The van der Waals surface area contributed by atoms with Gasteiger partial charge in [0.2, 0.25) is 0 Å². The fourth-order valence-corrected chi connectivity index (χ4v) is 2.21. The predicted octanol–water partition coefficient (Wildman–Crippen LogP) is 0.908. The highest BCUT2D eigenvalue weighted by atomic mass is 16.5. The van der Waals surface area contributed by atoms with Gasteiger partial charge < -0.3 is 15.2 Å². The average molecular weight is 281 g/mol. The molecule has 2 rings (SSSR count). The summed E-state index contributed by atoms with van der Waals surface area (Å²) in [6.07, 6.45) is 0.553.